The summed E-state index contributed by atoms with van der Waals surface area (Å²) in [6, 6.07) is 45.8. The molecule has 133 heavy (non-hydrogen) atoms. The van der Waals surface area contributed by atoms with Crippen LogP contribution < -0.4 is 21.3 Å². The number of nitrogens with zero attached hydrogens (tertiary/aromatic N) is 18. The number of aliphatic imine (C=N–C) groups is 2. The molecule has 0 aliphatic heterocycles. The van der Waals surface area contributed by atoms with Crippen molar-refractivity contribution >= 4 is 59.0 Å². The number of amidine groups is 2. The molecular weight excluding hydrogens is 2400 g/mol. The van der Waals surface area contributed by atoms with Crippen molar-refractivity contribution in [2.45, 2.75) is 226 Å². The predicted octanol–water partition coefficient (Wildman–Crippen LogP) is 21.3. The summed E-state index contributed by atoms with van der Waals surface area (Å²) in [5.74, 6) is 5.48. The van der Waals surface area contributed by atoms with E-state index in [1.165, 1.54) is 0 Å². The average Bonchev–Trinajstić information content (AvgIpc) is 1.78. The Bertz CT molecular complexity index is 5610. The summed E-state index contributed by atoms with van der Waals surface area (Å²) in [5.41, 5.74) is 6.17. The van der Waals surface area contributed by atoms with Crippen LogP contribution in [-0.2, 0) is 123 Å². The molecule has 12 aromatic heterocycles. The van der Waals surface area contributed by atoms with Gasteiger partial charge in [0.05, 0.1) is 23.3 Å². The van der Waals surface area contributed by atoms with Crippen LogP contribution in [0.25, 0.3) is 23.3 Å². The van der Waals surface area contributed by atoms with Gasteiger partial charge in [0.25, 0.3) is 0 Å². The van der Waals surface area contributed by atoms with E-state index in [9.17, 15) is 13.2 Å². The molecule has 12 aromatic rings. The van der Waals surface area contributed by atoms with Gasteiger partial charge in [-0.15, -0.1) is 24.6 Å². The Morgan fingerprint density at radius 3 is 0.767 bits per heavy atom. The molecular formula is C100H119F3N26Pt4. The number of anilines is 4. The summed E-state index contributed by atoms with van der Waals surface area (Å²) >= 11 is 0. The Hall–Kier alpha value is -10.7. The number of nitrogens with one attached hydrogen (secondary N) is 8. The van der Waals surface area contributed by atoms with Crippen molar-refractivity contribution in [2.75, 3.05) is 21.3 Å². The van der Waals surface area contributed by atoms with Crippen LogP contribution in [0.1, 0.15) is 248 Å². The van der Waals surface area contributed by atoms with Crippen LogP contribution in [0.3, 0.4) is 0 Å². The Kier molecular flexibility index (Phi) is 39.0. The molecule has 0 saturated heterocycles. The van der Waals surface area contributed by atoms with Crippen LogP contribution >= 0.6 is 0 Å². The second-order valence-corrected chi connectivity index (χ2v) is 39.3. The number of alkyl halides is 3. The van der Waals surface area contributed by atoms with Gasteiger partial charge in [-0.1, -0.05) is 282 Å². The van der Waals surface area contributed by atoms with Crippen LogP contribution in [0.2, 0.25) is 0 Å². The van der Waals surface area contributed by atoms with Crippen molar-refractivity contribution in [3.8, 4) is 23.3 Å². The van der Waals surface area contributed by atoms with E-state index < -0.39 is 33.5 Å². The first-order valence-electron chi connectivity index (χ1n) is 42.2. The number of halogens is 3. The third kappa shape index (κ3) is 31.2. The third-order valence-corrected chi connectivity index (χ3v) is 20.7. The van der Waals surface area contributed by atoms with Gasteiger partial charge < -0.3 is 91.1 Å². The van der Waals surface area contributed by atoms with Gasteiger partial charge in [-0.25, -0.2) is 0 Å². The fourth-order valence-corrected chi connectivity index (χ4v) is 11.5. The maximum atomic E-state index is 12.9. The van der Waals surface area contributed by atoms with Crippen molar-refractivity contribution in [1.29, 1.82) is 21.6 Å². The summed E-state index contributed by atoms with van der Waals surface area (Å²) in [4.78, 5) is 62.4. The minimum atomic E-state index is -4.54. The van der Waals surface area contributed by atoms with Crippen molar-refractivity contribution in [3.05, 3.63) is 289 Å². The second kappa shape index (κ2) is 46.0. The third-order valence-electron chi connectivity index (χ3n) is 20.7. The normalized spacial score (nSPS) is 12.3. The van der Waals surface area contributed by atoms with Gasteiger partial charge >= 0.3 is 90.4 Å². The molecule has 0 aliphatic carbocycles. The molecule has 0 radical (unpaired) electrons. The van der Waals surface area contributed by atoms with E-state index in [2.05, 4.69) is 176 Å². The Labute approximate surface area is 839 Å². The van der Waals surface area contributed by atoms with Crippen molar-refractivity contribution < 1.29 is 97.4 Å². The van der Waals surface area contributed by atoms with Crippen LogP contribution in [0.15, 0.2) is 193 Å². The van der Waals surface area contributed by atoms with Crippen molar-refractivity contribution in [3.63, 3.8) is 0 Å². The minimum Gasteiger partial charge on any atom is -0.453 e. The van der Waals surface area contributed by atoms with Gasteiger partial charge in [0.15, 0.2) is 0 Å². The van der Waals surface area contributed by atoms with E-state index in [1.807, 2.05) is 279 Å². The molecule has 12 rings (SSSR count). The summed E-state index contributed by atoms with van der Waals surface area (Å²) < 4.78 is 45.1. The van der Waals surface area contributed by atoms with Crippen molar-refractivity contribution in [1.82, 2.24) is 78.1 Å². The fraction of sp³-hybridized carbons (Fsp3) is 0.380. The molecule has 33 heteroatoms. The number of pyridine rings is 8. The van der Waals surface area contributed by atoms with Crippen LogP contribution in [-0.4, -0.2) is 114 Å². The predicted molar refractivity (Wildman–Crippen MR) is 507 cm³/mol. The van der Waals surface area contributed by atoms with Gasteiger partial charge in [-0.3, -0.25) is 39.9 Å². The molecule has 12 heterocycles. The second-order valence-electron chi connectivity index (χ2n) is 39.3. The first-order valence-corrected chi connectivity index (χ1v) is 42.2. The molecule has 0 fully saturated rings. The molecule has 0 bridgehead atoms. The van der Waals surface area contributed by atoms with Gasteiger partial charge in [-0.05, 0) is 136 Å². The van der Waals surface area contributed by atoms with E-state index in [0.29, 0.717) is 52.0 Å². The van der Waals surface area contributed by atoms with E-state index in [0.717, 1.165) is 79.3 Å². The van der Waals surface area contributed by atoms with Crippen molar-refractivity contribution in [2.24, 2.45) is 31.6 Å². The maximum Gasteiger partial charge on any atom is 2.00 e. The number of hydrogen-bond donors (Lipinski definition) is 8. The Balaban J connectivity index is 0.000000311. The SMILES string of the molecule is CC(C)(C)C(=N)C=[C-]Nc1cccc(C(C)(C)c2cccc(N[C-]=CC(=N)C(C)(C)C)n2)n1.CC(C)(C)C(=N)N=[C-]Nc1cccc(C(C)(C)c2cccc(N[C-]=NC(=N)C(C)(C)C)n2)n1.CC(C)(C)c1cn(-c2cccc(C(C)(C)c3cccc(-n4[c-]nc(C(C)(C)C)c4)n3)n2)[c-]n1.Cc1cn(-c2cccc(C(C)(C)c3cccc(-n4[c-]nc(C(F)(F)F)c4)n3)n2)[c-]n1.[Pt+2].[Pt+2].[Pt+2].[Pt+2]. The molecule has 710 valence electrons. The standard InChI is InChI=1S/C27H32N6.C27H36N6.C25H34N8.C21H17F3N6.4Pt/c1-25(2,3)21-15-32(17-28-21)23-13-9-11-19(30-23)27(7,8)20-12-10-14-24(31-20)33-16-22(29-18-33)26(4,5)6;1-25(2,3)19(28)15-17-30-23-13-9-11-21(32-23)27(7,8)22-12-10-14-24(33-22)31-18-16-20(29)26(4,5)6;1-23(2,3)21(26)30-15-28-19-13-9-11-17(32-19)25(7,8)18-12-10-14-20(33-18)29-16-31-22(27)24(4,5)6;1-14-10-29(12-25-14)18-8-4-6-15(27-18)20(2,3)16-7-5-9-19(28-16)30-11-17(26-13-30)21(22,23)24;;;;/h9-16H,1-8H3;9-16,28-29H,1-8H3,(H,30,32)(H,31,33);9-14H,1-8H3,(H2,26,28,30,32)(H2,27,29,31,33);4-11H,1-3H3;;;;/q4*-2;4*+2. The van der Waals surface area contributed by atoms with Gasteiger partial charge in [-0.2, -0.15) is 13.2 Å². The van der Waals surface area contributed by atoms with E-state index in [-0.39, 0.29) is 128 Å². The smallest absolute Gasteiger partial charge is 0.453 e. The number of allylic oxidation sites excluding steroid dienone is 2. The minimum absolute atomic E-state index is 0. The maximum absolute atomic E-state index is 12.9. The molecule has 0 aromatic carbocycles. The molecule has 0 saturated carbocycles. The average molecular weight is 2520 g/mol. The molecule has 0 spiro atoms. The zero-order chi connectivity index (χ0) is 95.3. The van der Waals surface area contributed by atoms with Gasteiger partial charge in [0, 0.05) is 146 Å². The molecule has 26 nitrogen and oxygen atoms in total. The quantitative estimate of drug-likeness (QED) is 0.0135. The van der Waals surface area contributed by atoms with E-state index in [1.54, 1.807) is 28.9 Å². The number of rotatable bonds is 22. The van der Waals surface area contributed by atoms with Crippen LogP contribution in [0.5, 0.6) is 0 Å². The first kappa shape index (κ1) is 113. The number of imidazole rings is 4. The Morgan fingerprint density at radius 1 is 0.308 bits per heavy atom. The van der Waals surface area contributed by atoms with Gasteiger partial charge in [0.1, 0.15) is 0 Å². The molecule has 0 amide bonds. The summed E-state index contributed by atoms with van der Waals surface area (Å²) in [6.07, 6.45) is 28.1. The molecule has 0 unspecified atom stereocenters. The number of aryl methyl sites for hydroxylation is 1. The molecule has 0 atom stereocenters. The summed E-state index contributed by atoms with van der Waals surface area (Å²) in [6.45, 7) is 54.7. The monoisotopic (exact) mass is 2520 g/mol. The first-order chi connectivity index (χ1) is 59.9. The van der Waals surface area contributed by atoms with E-state index in [4.69, 9.17) is 56.5 Å². The zero-order valence-corrected chi connectivity index (χ0v) is 89.4. The fourth-order valence-electron chi connectivity index (χ4n) is 11.5. The van der Waals surface area contributed by atoms with E-state index >= 15 is 0 Å². The van der Waals surface area contributed by atoms with Crippen LogP contribution in [0.4, 0.5) is 36.4 Å². The summed E-state index contributed by atoms with van der Waals surface area (Å²) in [5, 5.41) is 44.0. The summed E-state index contributed by atoms with van der Waals surface area (Å²) in [7, 11) is 0. The number of aromatic nitrogens is 16. The molecule has 0 aliphatic rings. The van der Waals surface area contributed by atoms with Crippen LogP contribution in [0, 0.1) is 87.9 Å². The molecule has 8 N–H and O–H groups in total. The van der Waals surface area contributed by atoms with Gasteiger partial charge in [0.2, 0.25) is 0 Å². The zero-order valence-electron chi connectivity index (χ0n) is 80.3. The Morgan fingerprint density at radius 2 is 0.541 bits per heavy atom. The number of hydrogen-bond acceptors (Lipinski definition) is 18. The largest absolute Gasteiger partial charge is 2.00 e. The topological polar surface area (TPSA) is 343 Å².